The second kappa shape index (κ2) is 7.35. The van der Waals surface area contributed by atoms with Crippen LogP contribution in [0.25, 0.3) is 55.3 Å². The van der Waals surface area contributed by atoms with E-state index in [-0.39, 0.29) is 16.9 Å². The van der Waals surface area contributed by atoms with Crippen LogP contribution in [0.3, 0.4) is 0 Å². The Morgan fingerprint density at radius 2 is 1.91 bits per heavy atom. The Balaban J connectivity index is 1.52. The average Bonchev–Trinajstić information content (AvgIpc) is 3.57. The number of aromatic amines is 2. The molecule has 0 bridgehead atoms. The van der Waals surface area contributed by atoms with Crippen LogP contribution in [0.2, 0.25) is 0 Å². The lowest BCUT2D eigenvalue weighted by atomic mass is 10.1. The van der Waals surface area contributed by atoms with Gasteiger partial charge in [0, 0.05) is 34.6 Å². The summed E-state index contributed by atoms with van der Waals surface area (Å²) in [7, 11) is 0. The molecule has 0 atom stereocenters. The normalized spacial score (nSPS) is 11.5. The van der Waals surface area contributed by atoms with Gasteiger partial charge in [0.25, 0.3) is 0 Å². The number of ketones is 1. The number of nitrogens with zero attached hydrogens (tertiary/aromatic N) is 6. The van der Waals surface area contributed by atoms with Crippen molar-refractivity contribution in [1.82, 2.24) is 40.1 Å². The van der Waals surface area contributed by atoms with Crippen LogP contribution in [0.1, 0.15) is 16.6 Å². The largest absolute Gasteiger partial charge is 0.321 e. The van der Waals surface area contributed by atoms with Gasteiger partial charge in [-0.1, -0.05) is 0 Å². The van der Waals surface area contributed by atoms with Crippen LogP contribution in [-0.2, 0) is 0 Å². The van der Waals surface area contributed by atoms with E-state index in [9.17, 15) is 4.79 Å². The molecule has 11 heteroatoms. The van der Waals surface area contributed by atoms with Crippen molar-refractivity contribution in [1.29, 1.82) is 0 Å². The van der Waals surface area contributed by atoms with Crippen LogP contribution in [-0.4, -0.2) is 45.9 Å². The van der Waals surface area contributed by atoms with Gasteiger partial charge in [0.2, 0.25) is 0 Å². The van der Waals surface area contributed by atoms with E-state index in [0.29, 0.717) is 38.6 Å². The molecule has 0 radical (unpaired) electrons. The molecule has 6 aromatic rings. The summed E-state index contributed by atoms with van der Waals surface area (Å²) in [6.07, 6.45) is 7.54. The standard InChI is InChI=1S/C22H13FN8OS/c1-10(32)14-2-3-15(33-14)12-4-5-26-21-19(12)28-22(29-21)20-16-13(30-31-20)8-27-18(17(16)23)11-6-24-9-25-7-11/h2-9H,1H3,(H,30,31)(H,26,28,29). The highest BCUT2D eigenvalue weighted by atomic mass is 32.1. The monoisotopic (exact) mass is 456 g/mol. The number of imidazole rings is 1. The lowest BCUT2D eigenvalue weighted by molar-refractivity contribution is 0.102. The molecule has 0 saturated heterocycles. The fraction of sp³-hybridized carbons (Fsp3) is 0.0455. The van der Waals surface area contributed by atoms with Gasteiger partial charge in [-0.15, -0.1) is 11.3 Å². The number of H-pyrrole nitrogens is 2. The van der Waals surface area contributed by atoms with E-state index >= 15 is 4.39 Å². The molecule has 0 aliphatic carbocycles. The van der Waals surface area contributed by atoms with E-state index in [4.69, 9.17) is 0 Å². The molecule has 0 spiro atoms. The zero-order chi connectivity index (χ0) is 22.5. The van der Waals surface area contributed by atoms with Crippen molar-refractivity contribution in [2.24, 2.45) is 0 Å². The van der Waals surface area contributed by atoms with Crippen LogP contribution in [0, 0.1) is 5.82 Å². The Bertz CT molecular complexity index is 1670. The maximum absolute atomic E-state index is 15.5. The molecule has 33 heavy (non-hydrogen) atoms. The molecule has 0 amide bonds. The van der Waals surface area contributed by atoms with Gasteiger partial charge in [0.05, 0.1) is 22.0 Å². The Kier molecular flexibility index (Phi) is 4.30. The first kappa shape index (κ1) is 19.3. The third-order valence-corrected chi connectivity index (χ3v) is 6.43. The predicted molar refractivity (Wildman–Crippen MR) is 121 cm³/mol. The Morgan fingerprint density at radius 1 is 1.06 bits per heavy atom. The van der Waals surface area contributed by atoms with E-state index in [0.717, 1.165) is 10.4 Å². The smallest absolute Gasteiger partial charge is 0.169 e. The zero-order valence-corrected chi connectivity index (χ0v) is 17.8. The Labute approximate surface area is 188 Å². The van der Waals surface area contributed by atoms with Crippen molar-refractivity contribution in [3.63, 3.8) is 0 Å². The second-order valence-electron chi connectivity index (χ2n) is 7.27. The van der Waals surface area contributed by atoms with Crippen LogP contribution in [0.5, 0.6) is 0 Å². The highest BCUT2D eigenvalue weighted by Crippen LogP contribution is 2.35. The molecule has 0 aliphatic rings. The minimum absolute atomic E-state index is 0.00552. The first-order chi connectivity index (χ1) is 16.1. The lowest BCUT2D eigenvalue weighted by Crippen LogP contribution is -1.93. The summed E-state index contributed by atoms with van der Waals surface area (Å²) in [5.41, 5.74) is 3.27. The Hall–Kier alpha value is -4.38. The van der Waals surface area contributed by atoms with Gasteiger partial charge in [-0.05, 0) is 25.1 Å². The molecule has 9 nitrogen and oxygen atoms in total. The number of Topliss-reactive ketones (excluding diaryl/α,β-unsaturated/α-hetero) is 1. The van der Waals surface area contributed by atoms with Gasteiger partial charge in [0.1, 0.15) is 23.2 Å². The molecule has 0 aliphatic heterocycles. The highest BCUT2D eigenvalue weighted by molar-refractivity contribution is 7.17. The van der Waals surface area contributed by atoms with Crippen molar-refractivity contribution >= 4 is 39.2 Å². The summed E-state index contributed by atoms with van der Waals surface area (Å²) in [6.45, 7) is 1.53. The first-order valence-corrected chi connectivity index (χ1v) is 10.7. The molecule has 0 saturated carbocycles. The number of rotatable bonds is 4. The van der Waals surface area contributed by atoms with Gasteiger partial charge < -0.3 is 4.98 Å². The third kappa shape index (κ3) is 3.09. The molecule has 0 aromatic carbocycles. The van der Waals surface area contributed by atoms with E-state index in [2.05, 4.69) is 40.1 Å². The summed E-state index contributed by atoms with van der Waals surface area (Å²) in [5, 5.41) is 7.35. The zero-order valence-electron chi connectivity index (χ0n) is 17.0. The van der Waals surface area contributed by atoms with Crippen molar-refractivity contribution in [3.05, 3.63) is 60.0 Å². The van der Waals surface area contributed by atoms with Gasteiger partial charge >= 0.3 is 0 Å². The molecular formula is C22H13FN8OS. The SMILES string of the molecule is CC(=O)c1ccc(-c2ccnc3[nH]c(-c4n[nH]c5cnc(-c6cncnc6)c(F)c45)nc23)s1. The predicted octanol–water partition coefficient (Wildman–Crippen LogP) is 4.42. The van der Waals surface area contributed by atoms with Gasteiger partial charge in [-0.2, -0.15) is 5.10 Å². The molecule has 160 valence electrons. The van der Waals surface area contributed by atoms with Crippen molar-refractivity contribution in [3.8, 4) is 33.2 Å². The summed E-state index contributed by atoms with van der Waals surface area (Å²) >= 11 is 1.39. The van der Waals surface area contributed by atoms with E-state index in [1.807, 2.05) is 12.1 Å². The summed E-state index contributed by atoms with van der Waals surface area (Å²) in [6, 6.07) is 5.51. The number of nitrogens with one attached hydrogen (secondary N) is 2. The number of aromatic nitrogens is 8. The number of hydrogen-bond donors (Lipinski definition) is 2. The minimum atomic E-state index is -0.552. The molecule has 0 fully saturated rings. The summed E-state index contributed by atoms with van der Waals surface area (Å²) < 4.78 is 15.5. The minimum Gasteiger partial charge on any atom is -0.321 e. The van der Waals surface area contributed by atoms with Gasteiger partial charge in [0.15, 0.2) is 23.1 Å². The third-order valence-electron chi connectivity index (χ3n) is 5.21. The molecule has 0 unspecified atom stereocenters. The van der Waals surface area contributed by atoms with Crippen LogP contribution in [0.15, 0.2) is 49.3 Å². The number of hydrogen-bond acceptors (Lipinski definition) is 8. The van der Waals surface area contributed by atoms with Crippen LogP contribution in [0.4, 0.5) is 4.39 Å². The molecular weight excluding hydrogens is 443 g/mol. The number of fused-ring (bicyclic) bond motifs is 2. The molecule has 6 rings (SSSR count). The van der Waals surface area contributed by atoms with Crippen LogP contribution < -0.4 is 0 Å². The molecule has 2 N–H and O–H groups in total. The second-order valence-corrected chi connectivity index (χ2v) is 8.35. The highest BCUT2D eigenvalue weighted by Gasteiger charge is 2.21. The summed E-state index contributed by atoms with van der Waals surface area (Å²) in [5.74, 6) is -0.185. The molecule has 6 heterocycles. The van der Waals surface area contributed by atoms with Gasteiger partial charge in [-0.25, -0.2) is 24.3 Å². The first-order valence-electron chi connectivity index (χ1n) is 9.84. The fourth-order valence-electron chi connectivity index (χ4n) is 3.66. The van der Waals surface area contributed by atoms with Crippen LogP contribution >= 0.6 is 11.3 Å². The number of pyridine rings is 2. The van der Waals surface area contributed by atoms with E-state index in [1.165, 1.54) is 43.2 Å². The van der Waals surface area contributed by atoms with Crippen molar-refractivity contribution < 1.29 is 9.18 Å². The maximum atomic E-state index is 15.5. The fourth-order valence-corrected chi connectivity index (χ4v) is 4.59. The number of carbonyl (C=O) groups excluding carboxylic acids is 1. The molecule has 6 aromatic heterocycles. The van der Waals surface area contributed by atoms with E-state index in [1.54, 1.807) is 12.3 Å². The number of halogens is 1. The van der Waals surface area contributed by atoms with Crippen molar-refractivity contribution in [2.45, 2.75) is 6.92 Å². The van der Waals surface area contributed by atoms with Gasteiger partial charge in [-0.3, -0.25) is 14.9 Å². The summed E-state index contributed by atoms with van der Waals surface area (Å²) in [4.78, 5) is 37.5. The maximum Gasteiger partial charge on any atom is 0.169 e. The van der Waals surface area contributed by atoms with E-state index < -0.39 is 5.82 Å². The number of carbonyl (C=O) groups is 1. The lowest BCUT2D eigenvalue weighted by Gasteiger charge is -2.03. The average molecular weight is 456 g/mol. The topological polar surface area (TPSA) is 126 Å². The number of thiophene rings is 1. The quantitative estimate of drug-likeness (QED) is 0.376. The van der Waals surface area contributed by atoms with Crippen molar-refractivity contribution in [2.75, 3.05) is 0 Å². The Morgan fingerprint density at radius 3 is 2.70 bits per heavy atom.